The predicted octanol–water partition coefficient (Wildman–Crippen LogP) is 4.55. The molecule has 3 unspecified atom stereocenters. The van der Waals surface area contributed by atoms with E-state index in [0.717, 1.165) is 12.3 Å². The van der Waals surface area contributed by atoms with Crippen LogP contribution in [0, 0.1) is 29.6 Å². The first kappa shape index (κ1) is 23.3. The fraction of sp³-hybridized carbons (Fsp3) is 0.704. The van der Waals surface area contributed by atoms with Crippen LogP contribution in [0.4, 0.5) is 0 Å². The first-order valence-corrected chi connectivity index (χ1v) is 12.3. The lowest BCUT2D eigenvalue weighted by atomic mass is 9.43. The third-order valence-electron chi connectivity index (χ3n) is 9.40. The minimum Gasteiger partial charge on any atom is -0.425 e. The molecule has 1 amide bonds. The quantitative estimate of drug-likeness (QED) is 0.519. The van der Waals surface area contributed by atoms with Crippen molar-refractivity contribution in [3.05, 3.63) is 28.8 Å². The molecule has 0 bridgehead atoms. The lowest BCUT2D eigenvalue weighted by Gasteiger charge is -2.61. The monoisotopic (exact) mass is 440 g/mol. The van der Waals surface area contributed by atoms with Gasteiger partial charge in [-0.15, -0.1) is 0 Å². The SMILES string of the molecule is Cc1cc(OC(=O)C(N)CCC(N)=O)cc2c1C1(C)CCC3C(C)(C)CCC[C@]3(C)[C@H]1C2. The highest BCUT2D eigenvalue weighted by Gasteiger charge is 2.61. The lowest BCUT2D eigenvalue weighted by molar-refractivity contribution is -0.136. The summed E-state index contributed by atoms with van der Waals surface area (Å²) in [6.45, 7) is 12.1. The summed E-state index contributed by atoms with van der Waals surface area (Å²) < 4.78 is 5.65. The smallest absolute Gasteiger partial charge is 0.328 e. The number of aryl methyl sites for hydroxylation is 1. The molecule has 0 saturated heterocycles. The Balaban J connectivity index is 1.60. The lowest BCUT2D eigenvalue weighted by Crippen LogP contribution is -2.55. The minimum absolute atomic E-state index is 0.0790. The van der Waals surface area contributed by atoms with E-state index < -0.39 is 17.9 Å². The largest absolute Gasteiger partial charge is 0.425 e. The van der Waals surface area contributed by atoms with E-state index in [4.69, 9.17) is 16.2 Å². The zero-order chi connectivity index (χ0) is 23.5. The van der Waals surface area contributed by atoms with Crippen LogP contribution >= 0.6 is 0 Å². The summed E-state index contributed by atoms with van der Waals surface area (Å²) in [7, 11) is 0. The molecule has 0 heterocycles. The van der Waals surface area contributed by atoms with E-state index in [-0.39, 0.29) is 18.3 Å². The first-order valence-electron chi connectivity index (χ1n) is 12.3. The Bertz CT molecular complexity index is 939. The van der Waals surface area contributed by atoms with Gasteiger partial charge in [0.1, 0.15) is 11.8 Å². The van der Waals surface area contributed by atoms with Crippen LogP contribution in [0.1, 0.15) is 89.3 Å². The number of amides is 1. The van der Waals surface area contributed by atoms with Gasteiger partial charge in [0.25, 0.3) is 0 Å². The van der Waals surface area contributed by atoms with Crippen LogP contribution in [0.5, 0.6) is 5.75 Å². The molecule has 2 fully saturated rings. The Kier molecular flexibility index (Phi) is 5.72. The van der Waals surface area contributed by atoms with E-state index in [2.05, 4.69) is 40.7 Å². The van der Waals surface area contributed by atoms with Crippen molar-refractivity contribution in [2.75, 3.05) is 0 Å². The molecule has 3 aliphatic carbocycles. The molecule has 2 saturated carbocycles. The van der Waals surface area contributed by atoms with Gasteiger partial charge in [0.05, 0.1) is 0 Å². The number of rotatable bonds is 5. The Morgan fingerprint density at radius 3 is 2.53 bits per heavy atom. The highest BCUT2D eigenvalue weighted by atomic mass is 16.5. The maximum absolute atomic E-state index is 12.5. The van der Waals surface area contributed by atoms with E-state index in [1.807, 2.05) is 6.07 Å². The van der Waals surface area contributed by atoms with Crippen molar-refractivity contribution < 1.29 is 14.3 Å². The van der Waals surface area contributed by atoms with Crippen molar-refractivity contribution in [3.63, 3.8) is 0 Å². The first-order chi connectivity index (χ1) is 14.9. The van der Waals surface area contributed by atoms with Gasteiger partial charge in [-0.1, -0.05) is 34.1 Å². The van der Waals surface area contributed by atoms with Crippen LogP contribution in [0.3, 0.4) is 0 Å². The second-order valence-electron chi connectivity index (χ2n) is 11.9. The molecular weight excluding hydrogens is 400 g/mol. The van der Waals surface area contributed by atoms with Gasteiger partial charge in [0.15, 0.2) is 0 Å². The summed E-state index contributed by atoms with van der Waals surface area (Å²) in [6, 6.07) is 3.21. The Labute approximate surface area is 192 Å². The van der Waals surface area contributed by atoms with Crippen LogP contribution in [-0.2, 0) is 21.4 Å². The van der Waals surface area contributed by atoms with Gasteiger partial charge in [-0.25, -0.2) is 4.79 Å². The molecular formula is C27H40N2O3. The Hall–Kier alpha value is -1.88. The number of fused-ring (bicyclic) bond motifs is 5. The van der Waals surface area contributed by atoms with Crippen molar-refractivity contribution in [2.24, 2.45) is 34.1 Å². The molecule has 4 rings (SSSR count). The molecule has 1 aromatic rings. The molecule has 5 atom stereocenters. The second-order valence-corrected chi connectivity index (χ2v) is 11.9. The van der Waals surface area contributed by atoms with Crippen molar-refractivity contribution in [2.45, 2.75) is 97.4 Å². The maximum atomic E-state index is 12.5. The number of esters is 1. The molecule has 0 radical (unpaired) electrons. The van der Waals surface area contributed by atoms with Crippen molar-refractivity contribution >= 4 is 11.9 Å². The summed E-state index contributed by atoms with van der Waals surface area (Å²) in [6.07, 6.45) is 7.81. The number of carbonyl (C=O) groups is 2. The molecule has 1 aromatic carbocycles. The average molecular weight is 441 g/mol. The summed E-state index contributed by atoms with van der Waals surface area (Å²) in [5.41, 5.74) is 16.0. The Morgan fingerprint density at radius 2 is 1.84 bits per heavy atom. The van der Waals surface area contributed by atoms with E-state index in [9.17, 15) is 9.59 Å². The number of nitrogens with two attached hydrogens (primary N) is 2. The predicted molar refractivity (Wildman–Crippen MR) is 126 cm³/mol. The molecule has 5 nitrogen and oxygen atoms in total. The van der Waals surface area contributed by atoms with Crippen LogP contribution in [0.15, 0.2) is 12.1 Å². The molecule has 0 aliphatic heterocycles. The fourth-order valence-electron chi connectivity index (χ4n) is 8.10. The topological polar surface area (TPSA) is 95.4 Å². The molecule has 32 heavy (non-hydrogen) atoms. The maximum Gasteiger partial charge on any atom is 0.328 e. The summed E-state index contributed by atoms with van der Waals surface area (Å²) >= 11 is 0. The number of hydrogen-bond donors (Lipinski definition) is 2. The molecule has 0 aromatic heterocycles. The van der Waals surface area contributed by atoms with Gasteiger partial charge in [-0.2, -0.15) is 0 Å². The molecule has 5 heteroatoms. The van der Waals surface area contributed by atoms with Gasteiger partial charge in [0, 0.05) is 6.42 Å². The van der Waals surface area contributed by atoms with Crippen molar-refractivity contribution in [1.29, 1.82) is 0 Å². The third-order valence-corrected chi connectivity index (χ3v) is 9.40. The number of benzene rings is 1. The highest BCUT2D eigenvalue weighted by molar-refractivity contribution is 5.80. The fourth-order valence-corrected chi connectivity index (χ4v) is 8.10. The van der Waals surface area contributed by atoms with Crippen LogP contribution in [0.25, 0.3) is 0 Å². The van der Waals surface area contributed by atoms with Gasteiger partial charge in [0.2, 0.25) is 5.91 Å². The van der Waals surface area contributed by atoms with Crippen molar-refractivity contribution in [1.82, 2.24) is 0 Å². The standard InChI is InChI=1S/C27H40N2O3/c1-16-13-18(32-24(31)19(28)7-8-22(29)30)14-17-15-21-26(4)11-6-10-25(2,3)20(26)9-12-27(21,5)23(16)17/h13-14,19-21H,6-12,15,28H2,1-5H3,(H2,29,30)/t19?,20?,21-,26+,27?/m1/s1. The molecule has 4 N–H and O–H groups in total. The van der Waals surface area contributed by atoms with Gasteiger partial charge >= 0.3 is 5.97 Å². The summed E-state index contributed by atoms with van der Waals surface area (Å²) in [4.78, 5) is 23.5. The van der Waals surface area contributed by atoms with Crippen LogP contribution in [-0.4, -0.2) is 17.9 Å². The number of ether oxygens (including phenoxy) is 1. The van der Waals surface area contributed by atoms with Gasteiger partial charge in [-0.05, 0) is 102 Å². The second kappa shape index (κ2) is 7.86. The van der Waals surface area contributed by atoms with E-state index >= 15 is 0 Å². The average Bonchev–Trinajstić information content (AvgIpc) is 2.99. The van der Waals surface area contributed by atoms with E-state index in [1.165, 1.54) is 48.8 Å². The normalized spacial score (nSPS) is 33.6. The summed E-state index contributed by atoms with van der Waals surface area (Å²) in [5, 5.41) is 0. The highest BCUT2D eigenvalue weighted by Crippen LogP contribution is 2.67. The van der Waals surface area contributed by atoms with Gasteiger partial charge in [-0.3, -0.25) is 4.79 Å². The number of hydrogen-bond acceptors (Lipinski definition) is 4. The van der Waals surface area contributed by atoms with E-state index in [0.29, 0.717) is 22.5 Å². The number of carbonyl (C=O) groups excluding carboxylic acids is 2. The van der Waals surface area contributed by atoms with Crippen molar-refractivity contribution in [3.8, 4) is 5.75 Å². The third kappa shape index (κ3) is 3.67. The minimum atomic E-state index is -0.847. The molecule has 3 aliphatic rings. The zero-order valence-electron chi connectivity index (χ0n) is 20.4. The molecule has 0 spiro atoms. The summed E-state index contributed by atoms with van der Waals surface area (Å²) in [5.74, 6) is 0.972. The Morgan fingerprint density at radius 1 is 1.12 bits per heavy atom. The zero-order valence-corrected chi connectivity index (χ0v) is 20.4. The van der Waals surface area contributed by atoms with Gasteiger partial charge < -0.3 is 16.2 Å². The molecule has 176 valence electrons. The van der Waals surface area contributed by atoms with Crippen LogP contribution in [0.2, 0.25) is 0 Å². The number of primary amides is 1. The van der Waals surface area contributed by atoms with Crippen LogP contribution < -0.4 is 16.2 Å². The van der Waals surface area contributed by atoms with E-state index in [1.54, 1.807) is 0 Å².